The van der Waals surface area contributed by atoms with Crippen molar-refractivity contribution < 1.29 is 4.79 Å². The Bertz CT molecular complexity index is 850. The molecule has 0 spiro atoms. The molecule has 0 radical (unpaired) electrons. The monoisotopic (exact) mass is 357 g/mol. The predicted molar refractivity (Wildman–Crippen MR) is 96.6 cm³/mol. The topological polar surface area (TPSA) is 146 Å². The molecule has 10 heteroatoms. The van der Waals surface area contributed by atoms with Crippen LogP contribution in [0.1, 0.15) is 12.5 Å². The van der Waals surface area contributed by atoms with Gasteiger partial charge in [0.1, 0.15) is 28.4 Å². The van der Waals surface area contributed by atoms with E-state index < -0.39 is 6.04 Å². The first-order chi connectivity index (χ1) is 12.0. The summed E-state index contributed by atoms with van der Waals surface area (Å²) in [6, 6.07) is 7.50. The number of nitroso groups, excluding NO2 is 1. The molecule has 4 N–H and O–H groups in total. The normalized spacial score (nSPS) is 11.2. The van der Waals surface area contributed by atoms with Gasteiger partial charge in [0, 0.05) is 5.69 Å². The zero-order valence-corrected chi connectivity index (χ0v) is 14.3. The van der Waals surface area contributed by atoms with E-state index in [1.165, 1.54) is 23.9 Å². The standard InChI is InChI=1S/C15H15N7O2S/c1-8(13(23)19-9-4-3-5-10(6-9)22-24)18-12-11(7-16)14(25-2)21-15(17)20-12/h3-6,8H,1-2H3,(H,19,23)(H3,17,18,20,21)/t8-/m0/s1. The number of benzene rings is 1. The summed E-state index contributed by atoms with van der Waals surface area (Å²) in [5, 5.41) is 18.1. The summed E-state index contributed by atoms with van der Waals surface area (Å²) >= 11 is 1.26. The zero-order valence-electron chi connectivity index (χ0n) is 13.5. The van der Waals surface area contributed by atoms with E-state index in [1.54, 1.807) is 25.3 Å². The first-order valence-electron chi connectivity index (χ1n) is 7.11. The second-order valence-corrected chi connectivity index (χ2v) is 5.72. The van der Waals surface area contributed by atoms with Crippen LogP contribution in [0.3, 0.4) is 0 Å². The lowest BCUT2D eigenvalue weighted by Gasteiger charge is -2.16. The quantitative estimate of drug-likeness (QED) is 0.406. The van der Waals surface area contributed by atoms with Gasteiger partial charge in [-0.15, -0.1) is 16.7 Å². The first kappa shape index (κ1) is 18.2. The minimum atomic E-state index is -0.719. The van der Waals surface area contributed by atoms with Gasteiger partial charge in [-0.1, -0.05) is 6.07 Å². The molecule has 0 aliphatic rings. The van der Waals surface area contributed by atoms with E-state index >= 15 is 0 Å². The molecule has 0 aliphatic carbocycles. The average Bonchev–Trinajstić information content (AvgIpc) is 2.61. The molecule has 0 aliphatic heterocycles. The fourth-order valence-electron chi connectivity index (χ4n) is 1.97. The number of nitrogens with one attached hydrogen (secondary N) is 2. The van der Waals surface area contributed by atoms with Crippen LogP contribution in [0.5, 0.6) is 0 Å². The number of carbonyl (C=O) groups excluding carboxylic acids is 1. The summed E-state index contributed by atoms with van der Waals surface area (Å²) in [7, 11) is 0. The lowest BCUT2D eigenvalue weighted by Crippen LogP contribution is -2.32. The second-order valence-electron chi connectivity index (χ2n) is 4.92. The largest absolute Gasteiger partial charge is 0.368 e. The van der Waals surface area contributed by atoms with Crippen molar-refractivity contribution >= 4 is 40.8 Å². The number of nitrogen functional groups attached to an aromatic ring is 1. The molecule has 0 fully saturated rings. The molecule has 1 aromatic heterocycles. The van der Waals surface area contributed by atoms with E-state index in [0.29, 0.717) is 10.7 Å². The third-order valence-corrected chi connectivity index (χ3v) is 3.85. The molecule has 0 unspecified atom stereocenters. The van der Waals surface area contributed by atoms with Crippen LogP contribution >= 0.6 is 11.8 Å². The summed E-state index contributed by atoms with van der Waals surface area (Å²) in [6.07, 6.45) is 1.76. The van der Waals surface area contributed by atoms with E-state index in [4.69, 9.17) is 5.73 Å². The number of thioether (sulfide) groups is 1. The number of amides is 1. The second kappa shape index (κ2) is 8.07. The minimum absolute atomic E-state index is 0.00298. The van der Waals surface area contributed by atoms with E-state index in [-0.39, 0.29) is 28.9 Å². The van der Waals surface area contributed by atoms with Crippen molar-refractivity contribution in [2.75, 3.05) is 22.6 Å². The van der Waals surface area contributed by atoms with Crippen LogP contribution in [0.25, 0.3) is 0 Å². The Morgan fingerprint density at radius 3 is 2.84 bits per heavy atom. The van der Waals surface area contributed by atoms with Crippen molar-refractivity contribution in [1.29, 1.82) is 5.26 Å². The zero-order chi connectivity index (χ0) is 18.4. The number of aromatic nitrogens is 2. The number of hydrogen-bond donors (Lipinski definition) is 3. The maximum atomic E-state index is 12.3. The molecule has 0 bridgehead atoms. The molecule has 2 rings (SSSR count). The molecule has 9 nitrogen and oxygen atoms in total. The van der Waals surface area contributed by atoms with Gasteiger partial charge in [-0.2, -0.15) is 10.2 Å². The SMILES string of the molecule is CSc1nc(N)nc(N[C@@H](C)C(=O)Nc2cccc(N=O)c2)c1C#N. The van der Waals surface area contributed by atoms with E-state index in [2.05, 4.69) is 25.8 Å². The molecule has 25 heavy (non-hydrogen) atoms. The summed E-state index contributed by atoms with van der Waals surface area (Å²) in [4.78, 5) is 30.8. The molecule has 1 heterocycles. The maximum absolute atomic E-state index is 12.3. The maximum Gasteiger partial charge on any atom is 0.246 e. The fourth-order valence-corrected chi connectivity index (χ4v) is 2.50. The highest BCUT2D eigenvalue weighted by atomic mass is 32.2. The first-order valence-corrected chi connectivity index (χ1v) is 8.33. The average molecular weight is 357 g/mol. The van der Waals surface area contributed by atoms with Gasteiger partial charge in [0.2, 0.25) is 11.9 Å². The lowest BCUT2D eigenvalue weighted by atomic mass is 10.2. The molecule has 2 aromatic rings. The highest BCUT2D eigenvalue weighted by molar-refractivity contribution is 7.98. The number of carbonyl (C=O) groups is 1. The third-order valence-electron chi connectivity index (χ3n) is 3.16. The van der Waals surface area contributed by atoms with Crippen molar-refractivity contribution in [3.63, 3.8) is 0 Å². The number of rotatable bonds is 6. The molecule has 1 aromatic carbocycles. The molecular formula is C15H15N7O2S. The third kappa shape index (κ3) is 4.42. The number of hydrogen-bond acceptors (Lipinski definition) is 9. The van der Waals surface area contributed by atoms with Crippen molar-refractivity contribution in [2.45, 2.75) is 18.0 Å². The van der Waals surface area contributed by atoms with Gasteiger partial charge in [-0.25, -0.2) is 4.98 Å². The van der Waals surface area contributed by atoms with Gasteiger partial charge in [-0.05, 0) is 36.6 Å². The minimum Gasteiger partial charge on any atom is -0.368 e. The van der Waals surface area contributed by atoms with Gasteiger partial charge in [-0.3, -0.25) is 4.79 Å². The molecule has 128 valence electrons. The van der Waals surface area contributed by atoms with Crippen LogP contribution < -0.4 is 16.4 Å². The van der Waals surface area contributed by atoms with Crippen LogP contribution in [-0.4, -0.2) is 28.2 Å². The van der Waals surface area contributed by atoms with Crippen LogP contribution in [0.15, 0.2) is 34.5 Å². The number of nitriles is 1. The Morgan fingerprint density at radius 2 is 2.20 bits per heavy atom. The summed E-state index contributed by atoms with van der Waals surface area (Å²) < 4.78 is 0. The van der Waals surface area contributed by atoms with E-state index in [1.807, 2.05) is 6.07 Å². The molecule has 1 amide bonds. The summed E-state index contributed by atoms with van der Waals surface area (Å²) in [5.74, 6) is -0.191. The molecule has 1 atom stereocenters. The highest BCUT2D eigenvalue weighted by Crippen LogP contribution is 2.24. The Morgan fingerprint density at radius 1 is 1.44 bits per heavy atom. The van der Waals surface area contributed by atoms with E-state index in [0.717, 1.165) is 0 Å². The van der Waals surface area contributed by atoms with Gasteiger partial charge >= 0.3 is 0 Å². The summed E-state index contributed by atoms with van der Waals surface area (Å²) in [6.45, 7) is 1.61. The highest BCUT2D eigenvalue weighted by Gasteiger charge is 2.19. The molecular weight excluding hydrogens is 342 g/mol. The Kier molecular flexibility index (Phi) is 5.86. The lowest BCUT2D eigenvalue weighted by molar-refractivity contribution is -0.116. The van der Waals surface area contributed by atoms with Crippen LogP contribution in [-0.2, 0) is 4.79 Å². The van der Waals surface area contributed by atoms with Crippen LogP contribution in [0, 0.1) is 16.2 Å². The van der Waals surface area contributed by atoms with Gasteiger partial charge in [0.25, 0.3) is 0 Å². The van der Waals surface area contributed by atoms with Crippen LogP contribution in [0.2, 0.25) is 0 Å². The molecule has 0 saturated heterocycles. The van der Waals surface area contributed by atoms with Crippen molar-refractivity contribution in [3.8, 4) is 6.07 Å². The number of anilines is 3. The van der Waals surface area contributed by atoms with Crippen molar-refractivity contribution in [3.05, 3.63) is 34.7 Å². The van der Waals surface area contributed by atoms with Gasteiger partial charge < -0.3 is 16.4 Å². The molecule has 0 saturated carbocycles. The van der Waals surface area contributed by atoms with Crippen molar-refractivity contribution in [2.24, 2.45) is 5.18 Å². The Balaban J connectivity index is 2.17. The Hall–Kier alpha value is -3.19. The van der Waals surface area contributed by atoms with Crippen LogP contribution in [0.4, 0.5) is 23.1 Å². The number of nitrogens with two attached hydrogens (primary N) is 1. The smallest absolute Gasteiger partial charge is 0.246 e. The summed E-state index contributed by atoms with van der Waals surface area (Å²) in [5.41, 5.74) is 6.50. The Labute approximate surface area is 148 Å². The predicted octanol–water partition coefficient (Wildman–Crippen LogP) is 2.49. The fraction of sp³-hybridized carbons (Fsp3) is 0.200. The van der Waals surface area contributed by atoms with E-state index in [9.17, 15) is 15.0 Å². The van der Waals surface area contributed by atoms with Gasteiger partial charge in [0.15, 0.2) is 5.82 Å². The number of nitrogens with zero attached hydrogens (tertiary/aromatic N) is 4. The van der Waals surface area contributed by atoms with Crippen molar-refractivity contribution in [1.82, 2.24) is 9.97 Å². The van der Waals surface area contributed by atoms with Gasteiger partial charge in [0.05, 0.1) is 0 Å².